The second kappa shape index (κ2) is 17.2. The van der Waals surface area contributed by atoms with Crippen molar-refractivity contribution in [3.8, 4) is 16.9 Å². The summed E-state index contributed by atoms with van der Waals surface area (Å²) >= 11 is 3.57. The number of piperidine rings is 1. The molecular formula is C42H48BrFN11O4P. The Bertz CT molecular complexity index is 2460. The van der Waals surface area contributed by atoms with Crippen LogP contribution in [-0.4, -0.2) is 109 Å². The fraction of sp³-hybridized carbons (Fsp3) is 0.357. The smallest absolute Gasteiger partial charge is 0.328 e. The molecule has 0 unspecified atom stereocenters. The van der Waals surface area contributed by atoms with Crippen LogP contribution in [0.15, 0.2) is 77.7 Å². The van der Waals surface area contributed by atoms with Crippen LogP contribution in [-0.2, 0) is 16.4 Å². The molecule has 60 heavy (non-hydrogen) atoms. The summed E-state index contributed by atoms with van der Waals surface area (Å²) in [6, 6.07) is 16.4. The number of methoxy groups -OCH3 is 1. The largest absolute Gasteiger partial charge is 0.494 e. The number of nitrogens with one attached hydrogen (secondary N) is 3. The van der Waals surface area contributed by atoms with Gasteiger partial charge in [0.25, 0.3) is 0 Å². The van der Waals surface area contributed by atoms with Crippen molar-refractivity contribution in [2.24, 2.45) is 7.05 Å². The third-order valence-electron chi connectivity index (χ3n) is 11.3. The van der Waals surface area contributed by atoms with Gasteiger partial charge in [0.1, 0.15) is 24.5 Å². The Balaban J connectivity index is 0.949. The predicted octanol–water partition coefficient (Wildman–Crippen LogP) is 6.76. The van der Waals surface area contributed by atoms with E-state index in [0.29, 0.717) is 39.4 Å². The summed E-state index contributed by atoms with van der Waals surface area (Å²) in [7, 11) is 0.992. The number of hydrogen-bond acceptors (Lipinski definition) is 12. The van der Waals surface area contributed by atoms with Gasteiger partial charge in [0.2, 0.25) is 11.9 Å². The van der Waals surface area contributed by atoms with Gasteiger partial charge >= 0.3 is 6.03 Å². The zero-order valence-corrected chi connectivity index (χ0v) is 36.5. The van der Waals surface area contributed by atoms with Crippen molar-refractivity contribution in [1.29, 1.82) is 0 Å². The van der Waals surface area contributed by atoms with Crippen molar-refractivity contribution in [1.82, 2.24) is 30.0 Å². The van der Waals surface area contributed by atoms with Gasteiger partial charge in [0.15, 0.2) is 0 Å². The van der Waals surface area contributed by atoms with Gasteiger partial charge in [-0.25, -0.2) is 14.2 Å². The van der Waals surface area contributed by atoms with Gasteiger partial charge < -0.3 is 29.7 Å². The predicted molar refractivity (Wildman–Crippen MR) is 238 cm³/mol. The molecular weight excluding hydrogens is 852 g/mol. The van der Waals surface area contributed by atoms with Crippen molar-refractivity contribution >= 4 is 80.5 Å². The van der Waals surface area contributed by atoms with E-state index in [4.69, 9.17) is 9.72 Å². The van der Waals surface area contributed by atoms with Crippen molar-refractivity contribution in [3.63, 3.8) is 0 Å². The standard InChI is InChI=1S/C42H48BrFN11O4P/c1-51-26-27(24-46-51)30-22-34(48-41-45-25-31(43)40(50-41)47-33-7-5-6-8-38(33)60(3,4)58)37(59-2)23-36(30)54-14-11-28(12-15-54)52-17-19-53(20-18-52)29-9-10-35(32(44)21-29)55-16-13-39(56)49-42(55)57/h5-10,21-26,28H,11-20H2,1-4H3,(H,49,56,57)(H2,45,47,48,50). The van der Waals surface area contributed by atoms with Crippen LogP contribution in [0.1, 0.15) is 19.3 Å². The summed E-state index contributed by atoms with van der Waals surface area (Å²) in [5, 5.41) is 14.2. The number of hydrogen-bond donors (Lipinski definition) is 3. The molecule has 3 N–H and O–H groups in total. The number of aromatic nitrogens is 4. The van der Waals surface area contributed by atoms with Crippen LogP contribution in [0.3, 0.4) is 0 Å². The average Bonchev–Trinajstić information content (AvgIpc) is 3.68. The molecule has 18 heteroatoms. The number of rotatable bonds is 11. The number of benzene rings is 3. The second-order valence-electron chi connectivity index (χ2n) is 15.6. The zero-order valence-electron chi connectivity index (χ0n) is 34.0. The van der Waals surface area contributed by atoms with Crippen LogP contribution in [0, 0.1) is 5.82 Å². The molecule has 8 rings (SSSR count). The zero-order chi connectivity index (χ0) is 42.1. The number of aryl methyl sites for hydroxylation is 1. The van der Waals surface area contributed by atoms with Gasteiger partial charge in [-0.1, -0.05) is 12.1 Å². The molecule has 0 aliphatic carbocycles. The lowest BCUT2D eigenvalue weighted by Crippen LogP contribution is -2.53. The number of para-hydroxylation sites is 1. The van der Waals surface area contributed by atoms with Crippen LogP contribution in [0.25, 0.3) is 11.1 Å². The molecule has 15 nitrogen and oxygen atoms in total. The van der Waals surface area contributed by atoms with Crippen LogP contribution in [0.5, 0.6) is 5.75 Å². The molecule has 314 valence electrons. The molecule has 3 aliphatic heterocycles. The van der Waals surface area contributed by atoms with E-state index >= 15 is 4.39 Å². The number of piperazine rings is 1. The minimum absolute atomic E-state index is 0.142. The van der Waals surface area contributed by atoms with Crippen LogP contribution in [0.4, 0.5) is 49.4 Å². The van der Waals surface area contributed by atoms with E-state index < -0.39 is 19.0 Å². The highest BCUT2D eigenvalue weighted by Crippen LogP contribution is 2.42. The molecule has 0 radical (unpaired) electrons. The van der Waals surface area contributed by atoms with E-state index in [1.54, 1.807) is 37.4 Å². The van der Waals surface area contributed by atoms with Crippen LogP contribution in [0.2, 0.25) is 0 Å². The van der Waals surface area contributed by atoms with Gasteiger partial charge in [-0.15, -0.1) is 0 Å². The van der Waals surface area contributed by atoms with E-state index in [2.05, 4.69) is 68.8 Å². The van der Waals surface area contributed by atoms with E-state index in [-0.39, 0.29) is 24.6 Å². The Morgan fingerprint density at radius 3 is 2.35 bits per heavy atom. The maximum atomic E-state index is 15.3. The number of anilines is 7. The maximum absolute atomic E-state index is 15.3. The normalized spacial score (nSPS) is 16.9. The lowest BCUT2D eigenvalue weighted by Gasteiger charge is -2.44. The summed E-state index contributed by atoms with van der Waals surface area (Å²) in [5.41, 5.74) is 5.38. The molecule has 0 saturated carbocycles. The molecule has 3 aromatic carbocycles. The number of halogens is 2. The Labute approximate surface area is 356 Å². The van der Waals surface area contributed by atoms with Gasteiger partial charge in [0, 0.05) is 112 Å². The summed E-state index contributed by atoms with van der Waals surface area (Å²) in [4.78, 5) is 41.6. The lowest BCUT2D eigenvalue weighted by molar-refractivity contribution is -0.120. The fourth-order valence-electron chi connectivity index (χ4n) is 8.22. The van der Waals surface area contributed by atoms with Crippen molar-refractivity contribution in [2.75, 3.05) is 91.6 Å². The monoisotopic (exact) mass is 899 g/mol. The minimum atomic E-state index is -2.56. The third-order valence-corrected chi connectivity index (χ3v) is 13.5. The first-order chi connectivity index (χ1) is 28.8. The van der Waals surface area contributed by atoms with Crippen molar-refractivity contribution < 1.29 is 23.3 Å². The molecule has 0 bridgehead atoms. The highest BCUT2D eigenvalue weighted by atomic mass is 79.9. The van der Waals surface area contributed by atoms with Crippen molar-refractivity contribution in [2.45, 2.75) is 25.3 Å². The van der Waals surface area contributed by atoms with Gasteiger partial charge in [-0.05, 0) is 78.5 Å². The number of carbonyl (C=O) groups is 2. The molecule has 0 spiro atoms. The molecule has 0 atom stereocenters. The highest BCUT2D eigenvalue weighted by molar-refractivity contribution is 9.10. The molecule has 2 aromatic heterocycles. The van der Waals surface area contributed by atoms with E-state index in [1.807, 2.05) is 49.8 Å². The van der Waals surface area contributed by atoms with E-state index in [1.165, 1.54) is 11.0 Å². The Kier molecular flexibility index (Phi) is 11.8. The number of urea groups is 1. The first kappa shape index (κ1) is 41.2. The maximum Gasteiger partial charge on any atom is 0.328 e. The van der Waals surface area contributed by atoms with E-state index in [0.717, 1.165) is 79.9 Å². The van der Waals surface area contributed by atoms with Crippen molar-refractivity contribution in [3.05, 3.63) is 83.5 Å². The topological polar surface area (TPSA) is 153 Å². The SMILES string of the molecule is COc1cc(N2CCC(N3CCN(c4ccc(N5CCC(=O)NC5=O)c(F)c4)CC3)CC2)c(-c2cnn(C)c2)cc1Nc1ncc(Br)c(Nc2ccccc2P(C)(C)=O)n1. The Morgan fingerprint density at radius 1 is 0.900 bits per heavy atom. The van der Waals surface area contributed by atoms with Crippen LogP contribution < -0.4 is 40.7 Å². The van der Waals surface area contributed by atoms with Gasteiger partial charge in [-0.2, -0.15) is 10.1 Å². The fourth-order valence-corrected chi connectivity index (χ4v) is 9.67. The number of carbonyl (C=O) groups excluding carboxylic acids is 2. The summed E-state index contributed by atoms with van der Waals surface area (Å²) in [5.74, 6) is 0.683. The number of ether oxygens (including phenoxy) is 1. The molecule has 3 saturated heterocycles. The summed E-state index contributed by atoms with van der Waals surface area (Å²) < 4.78 is 36.7. The number of nitrogens with zero attached hydrogens (tertiary/aromatic N) is 8. The minimum Gasteiger partial charge on any atom is -0.494 e. The van der Waals surface area contributed by atoms with Gasteiger partial charge in [0.05, 0.1) is 34.8 Å². The molecule has 5 aromatic rings. The lowest BCUT2D eigenvalue weighted by atomic mass is 9.98. The number of imide groups is 1. The average molecular weight is 901 g/mol. The third kappa shape index (κ3) is 8.84. The first-order valence-corrected chi connectivity index (χ1v) is 23.3. The first-order valence-electron chi connectivity index (χ1n) is 19.9. The van der Waals surface area contributed by atoms with E-state index in [9.17, 15) is 14.2 Å². The second-order valence-corrected chi connectivity index (χ2v) is 19.7. The molecule has 3 fully saturated rings. The quantitative estimate of drug-likeness (QED) is 0.120. The van der Waals surface area contributed by atoms with Gasteiger partial charge in [-0.3, -0.25) is 24.6 Å². The number of amides is 3. The van der Waals surface area contributed by atoms with Crippen LogP contribution >= 0.6 is 23.1 Å². The highest BCUT2D eigenvalue weighted by Gasteiger charge is 2.31. The molecule has 5 heterocycles. The molecule has 3 aliphatic rings. The Hall–Kier alpha value is -5.51. The molecule has 3 amide bonds. The summed E-state index contributed by atoms with van der Waals surface area (Å²) in [6.45, 7) is 8.61. The summed E-state index contributed by atoms with van der Waals surface area (Å²) in [6.07, 6.45) is 7.64. The Morgan fingerprint density at radius 2 is 1.67 bits per heavy atom.